The Hall–Kier alpha value is -2.22. The number of carbonyl (C=O) groups is 1. The Balaban J connectivity index is 1.29. The molecule has 0 spiro atoms. The van der Waals surface area contributed by atoms with Crippen molar-refractivity contribution in [2.45, 2.75) is 122 Å². The van der Waals surface area contributed by atoms with Crippen LogP contribution in [-0.2, 0) is 14.9 Å². The Kier molecular flexibility index (Phi) is 9.22. The standard InChI is InChI=1S/C35H51NO6/c1-21(8-13-31(42-32(40)22(2)19-37)35(15-16-35)33-36-23(3)20-41-33)28-11-12-29-25(7-6-14-34(28,29)5)9-10-26-17-27(38)18-30(39)24(26)4/h9-10,20-22,27-31,37-39H,4,6-8,11-19H2,1-3,5H3/t21-,22?,27-,28-,29+,30+,31-,34-/m1/s1. The third-order valence-electron chi connectivity index (χ3n) is 11.3. The van der Waals surface area contributed by atoms with Crippen LogP contribution in [0.25, 0.3) is 0 Å². The molecule has 0 saturated heterocycles. The number of oxazole rings is 1. The summed E-state index contributed by atoms with van der Waals surface area (Å²) in [6, 6.07) is 0. The lowest BCUT2D eigenvalue weighted by atomic mass is 9.60. The predicted molar refractivity (Wildman–Crippen MR) is 161 cm³/mol. The van der Waals surface area contributed by atoms with Crippen LogP contribution in [0.3, 0.4) is 0 Å². The number of hydrogen-bond acceptors (Lipinski definition) is 7. The Morgan fingerprint density at radius 2 is 1.98 bits per heavy atom. The number of hydrogen-bond donors (Lipinski definition) is 3. The average molecular weight is 582 g/mol. The first-order valence-electron chi connectivity index (χ1n) is 16.2. The van der Waals surface area contributed by atoms with Gasteiger partial charge in [0.2, 0.25) is 5.89 Å². The molecule has 4 fully saturated rings. The van der Waals surface area contributed by atoms with E-state index in [1.807, 2.05) is 6.92 Å². The third kappa shape index (κ3) is 6.07. The lowest BCUT2D eigenvalue weighted by Gasteiger charge is -2.44. The normalized spacial score (nSPS) is 34.7. The highest BCUT2D eigenvalue weighted by Gasteiger charge is 2.57. The summed E-state index contributed by atoms with van der Waals surface area (Å²) in [6.07, 6.45) is 14.8. The fraction of sp³-hybridized carbons (Fsp3) is 0.714. The first-order valence-corrected chi connectivity index (χ1v) is 16.2. The molecule has 1 aromatic heterocycles. The van der Waals surface area contributed by atoms with Crippen LogP contribution in [0.1, 0.15) is 103 Å². The van der Waals surface area contributed by atoms with Crippen molar-refractivity contribution in [3.63, 3.8) is 0 Å². The van der Waals surface area contributed by atoms with Crippen LogP contribution in [0.15, 0.2) is 46.1 Å². The smallest absolute Gasteiger partial charge is 0.311 e. The van der Waals surface area contributed by atoms with Crippen LogP contribution in [0.4, 0.5) is 0 Å². The van der Waals surface area contributed by atoms with Crippen molar-refractivity contribution in [2.24, 2.45) is 29.1 Å². The van der Waals surface area contributed by atoms with Gasteiger partial charge in [-0.2, -0.15) is 0 Å². The second-order valence-corrected chi connectivity index (χ2v) is 14.2. The number of rotatable bonds is 10. The zero-order valence-electron chi connectivity index (χ0n) is 26.0. The van der Waals surface area contributed by atoms with Gasteiger partial charge < -0.3 is 24.5 Å². The van der Waals surface area contributed by atoms with E-state index in [-0.39, 0.29) is 29.5 Å². The molecule has 3 N–H and O–H groups in total. The molecule has 42 heavy (non-hydrogen) atoms. The minimum Gasteiger partial charge on any atom is -0.461 e. The molecule has 0 amide bonds. The van der Waals surface area contributed by atoms with E-state index >= 15 is 0 Å². The number of fused-ring (bicyclic) bond motifs is 1. The largest absolute Gasteiger partial charge is 0.461 e. The van der Waals surface area contributed by atoms with E-state index in [1.54, 1.807) is 13.2 Å². The van der Waals surface area contributed by atoms with Gasteiger partial charge in [0.15, 0.2) is 0 Å². The summed E-state index contributed by atoms with van der Waals surface area (Å²) in [5.74, 6) is 1.35. The van der Waals surface area contributed by atoms with Crippen molar-refractivity contribution in [1.82, 2.24) is 4.98 Å². The predicted octanol–water partition coefficient (Wildman–Crippen LogP) is 6.11. The van der Waals surface area contributed by atoms with Crippen molar-refractivity contribution >= 4 is 5.97 Å². The summed E-state index contributed by atoms with van der Waals surface area (Å²) in [6.45, 7) is 12.3. The van der Waals surface area contributed by atoms with Crippen molar-refractivity contribution in [3.05, 3.63) is 53.3 Å². The molecule has 4 saturated carbocycles. The minimum absolute atomic E-state index is 0.221. The number of aryl methyl sites for hydroxylation is 1. The van der Waals surface area contributed by atoms with Gasteiger partial charge >= 0.3 is 5.97 Å². The molecule has 1 heterocycles. The molecular formula is C35H51NO6. The first kappa shape index (κ1) is 31.2. The molecule has 4 aliphatic carbocycles. The van der Waals surface area contributed by atoms with Gasteiger partial charge in [0, 0.05) is 6.42 Å². The molecule has 1 aromatic rings. The van der Waals surface area contributed by atoms with E-state index in [9.17, 15) is 20.1 Å². The molecule has 7 heteroatoms. The number of carbonyl (C=O) groups excluding carboxylic acids is 1. The Labute approximate surface area is 251 Å². The second-order valence-electron chi connectivity index (χ2n) is 14.2. The number of aliphatic hydroxyl groups is 3. The van der Waals surface area contributed by atoms with Crippen molar-refractivity contribution in [2.75, 3.05) is 6.61 Å². The Morgan fingerprint density at radius 3 is 2.64 bits per heavy atom. The van der Waals surface area contributed by atoms with E-state index in [0.717, 1.165) is 48.9 Å². The van der Waals surface area contributed by atoms with Gasteiger partial charge in [-0.3, -0.25) is 4.79 Å². The molecule has 4 aliphatic rings. The maximum Gasteiger partial charge on any atom is 0.311 e. The highest BCUT2D eigenvalue weighted by Crippen LogP contribution is 2.60. The SMILES string of the molecule is C=C1C(=CC=C2CCC[C@]3(C)[C@@H]([C@H](C)CC[C@@H](OC(=O)C(C)CO)C4(c5nc(C)co5)CC4)CC[C@@H]23)C[C@@H](O)C[C@@H]1O. The molecule has 5 rings (SSSR count). The fourth-order valence-electron chi connectivity index (χ4n) is 8.46. The summed E-state index contributed by atoms with van der Waals surface area (Å²) in [4.78, 5) is 17.5. The quantitative estimate of drug-likeness (QED) is 0.286. The number of aliphatic hydroxyl groups excluding tert-OH is 3. The van der Waals surface area contributed by atoms with Gasteiger partial charge in [-0.05, 0) is 112 Å². The Morgan fingerprint density at radius 1 is 1.21 bits per heavy atom. The number of esters is 1. The molecule has 0 aromatic carbocycles. The van der Waals surface area contributed by atoms with E-state index in [1.165, 1.54) is 31.3 Å². The third-order valence-corrected chi connectivity index (χ3v) is 11.3. The molecule has 232 valence electrons. The second kappa shape index (κ2) is 12.4. The van der Waals surface area contributed by atoms with Gasteiger partial charge in [-0.1, -0.05) is 38.2 Å². The summed E-state index contributed by atoms with van der Waals surface area (Å²) < 4.78 is 11.9. The van der Waals surface area contributed by atoms with Crippen molar-refractivity contribution < 1.29 is 29.3 Å². The van der Waals surface area contributed by atoms with E-state index < -0.39 is 18.1 Å². The minimum atomic E-state index is -0.663. The van der Waals surface area contributed by atoms with Gasteiger partial charge in [0.05, 0.1) is 35.8 Å². The van der Waals surface area contributed by atoms with Crippen LogP contribution in [0.2, 0.25) is 0 Å². The van der Waals surface area contributed by atoms with E-state index in [4.69, 9.17) is 9.15 Å². The van der Waals surface area contributed by atoms with Gasteiger partial charge in [-0.25, -0.2) is 4.98 Å². The topological polar surface area (TPSA) is 113 Å². The number of allylic oxidation sites excluding steroid dienone is 3. The summed E-state index contributed by atoms with van der Waals surface area (Å²) in [7, 11) is 0. The van der Waals surface area contributed by atoms with E-state index in [0.29, 0.717) is 36.5 Å². The van der Waals surface area contributed by atoms with Crippen molar-refractivity contribution in [1.29, 1.82) is 0 Å². The maximum atomic E-state index is 12.8. The summed E-state index contributed by atoms with van der Waals surface area (Å²) in [5.41, 5.74) is 3.90. The summed E-state index contributed by atoms with van der Waals surface area (Å²) in [5, 5.41) is 30.0. The van der Waals surface area contributed by atoms with Crippen LogP contribution in [0.5, 0.6) is 0 Å². The maximum absolute atomic E-state index is 12.8. The van der Waals surface area contributed by atoms with Crippen LogP contribution < -0.4 is 0 Å². The highest BCUT2D eigenvalue weighted by molar-refractivity contribution is 5.72. The number of nitrogens with zero attached hydrogens (tertiary/aromatic N) is 1. The molecule has 8 atom stereocenters. The zero-order chi connectivity index (χ0) is 30.2. The number of ether oxygens (including phenoxy) is 1. The lowest BCUT2D eigenvalue weighted by molar-refractivity contribution is -0.157. The summed E-state index contributed by atoms with van der Waals surface area (Å²) >= 11 is 0. The monoisotopic (exact) mass is 581 g/mol. The highest BCUT2D eigenvalue weighted by atomic mass is 16.5. The Bertz CT molecular complexity index is 1210. The molecule has 0 aliphatic heterocycles. The first-order chi connectivity index (χ1) is 20.0. The van der Waals surface area contributed by atoms with Gasteiger partial charge in [0.1, 0.15) is 12.4 Å². The molecule has 1 unspecified atom stereocenters. The molecule has 7 nitrogen and oxygen atoms in total. The molecule has 0 bridgehead atoms. The molecule has 0 radical (unpaired) electrons. The van der Waals surface area contributed by atoms with Crippen LogP contribution >= 0.6 is 0 Å². The van der Waals surface area contributed by atoms with Gasteiger partial charge in [-0.15, -0.1) is 0 Å². The molecular weight excluding hydrogens is 530 g/mol. The van der Waals surface area contributed by atoms with E-state index in [2.05, 4.69) is 37.6 Å². The van der Waals surface area contributed by atoms with Crippen molar-refractivity contribution in [3.8, 4) is 0 Å². The lowest BCUT2D eigenvalue weighted by Crippen LogP contribution is -2.37. The van der Waals surface area contributed by atoms with Crippen LogP contribution in [0, 0.1) is 36.0 Å². The van der Waals surface area contributed by atoms with Crippen LogP contribution in [-0.4, -0.2) is 51.2 Å². The number of aromatic nitrogens is 1. The zero-order valence-corrected chi connectivity index (χ0v) is 26.0. The van der Waals surface area contributed by atoms with Gasteiger partial charge in [0.25, 0.3) is 0 Å². The average Bonchev–Trinajstić information content (AvgIpc) is 3.51. The fourth-order valence-corrected chi connectivity index (χ4v) is 8.46.